The van der Waals surface area contributed by atoms with Gasteiger partial charge >= 0.3 is 0 Å². The molecule has 1 aromatic rings. The van der Waals surface area contributed by atoms with Crippen molar-refractivity contribution in [2.45, 2.75) is 25.3 Å². The van der Waals surface area contributed by atoms with Crippen LogP contribution in [0.4, 0.5) is 10.1 Å². The summed E-state index contributed by atoms with van der Waals surface area (Å²) in [6.07, 6.45) is 3.43. The Labute approximate surface area is 96.5 Å². The van der Waals surface area contributed by atoms with Crippen molar-refractivity contribution >= 4 is 5.69 Å². The van der Waals surface area contributed by atoms with Crippen LogP contribution in [0.2, 0.25) is 0 Å². The van der Waals surface area contributed by atoms with Crippen LogP contribution in [-0.4, -0.2) is 26.2 Å². The van der Waals surface area contributed by atoms with Crippen LogP contribution >= 0.6 is 0 Å². The number of benzene rings is 1. The molecule has 2 N–H and O–H groups in total. The summed E-state index contributed by atoms with van der Waals surface area (Å²) in [7, 11) is 2.20. The second-order valence-electron chi connectivity index (χ2n) is 4.84. The highest BCUT2D eigenvalue weighted by molar-refractivity contribution is 5.44. The van der Waals surface area contributed by atoms with E-state index in [4.69, 9.17) is 5.73 Å². The van der Waals surface area contributed by atoms with Gasteiger partial charge in [0, 0.05) is 25.3 Å². The summed E-state index contributed by atoms with van der Waals surface area (Å²) < 4.78 is 14.1. The van der Waals surface area contributed by atoms with Gasteiger partial charge in [0.15, 0.2) is 0 Å². The molecule has 2 nitrogen and oxygen atoms in total. The number of rotatable bonds is 3. The Morgan fingerprint density at radius 3 is 3.00 bits per heavy atom. The lowest BCUT2D eigenvalue weighted by Crippen LogP contribution is -2.49. The second kappa shape index (κ2) is 4.52. The van der Waals surface area contributed by atoms with Gasteiger partial charge in [0.2, 0.25) is 0 Å². The van der Waals surface area contributed by atoms with Crippen molar-refractivity contribution < 1.29 is 4.39 Å². The quantitative estimate of drug-likeness (QED) is 0.782. The maximum absolute atomic E-state index is 13.3. The van der Waals surface area contributed by atoms with Crippen molar-refractivity contribution in [3.63, 3.8) is 0 Å². The molecule has 1 fully saturated rings. The molecular formula is C13H20FN2+. The summed E-state index contributed by atoms with van der Waals surface area (Å²) in [5.41, 5.74) is 6.73. The van der Waals surface area contributed by atoms with E-state index in [1.807, 2.05) is 6.07 Å². The van der Waals surface area contributed by atoms with Gasteiger partial charge in [-0.05, 0) is 18.7 Å². The van der Waals surface area contributed by atoms with E-state index in [1.165, 1.54) is 18.9 Å². The van der Waals surface area contributed by atoms with Gasteiger partial charge in [0.05, 0.1) is 19.6 Å². The SMILES string of the molecule is C[N+]1(c2cccc(F)c2)CCCC1CCN. The molecule has 2 rings (SSSR count). The minimum absolute atomic E-state index is 0.143. The second-order valence-corrected chi connectivity index (χ2v) is 4.84. The van der Waals surface area contributed by atoms with Crippen LogP contribution in [0.5, 0.6) is 0 Å². The third-order valence-electron chi connectivity index (χ3n) is 3.86. The molecule has 0 aliphatic carbocycles. The Morgan fingerprint density at radius 2 is 2.31 bits per heavy atom. The first-order valence-electron chi connectivity index (χ1n) is 5.98. The average molecular weight is 223 g/mol. The Morgan fingerprint density at radius 1 is 1.50 bits per heavy atom. The van der Waals surface area contributed by atoms with Crippen molar-refractivity contribution in [3.05, 3.63) is 30.1 Å². The lowest BCUT2D eigenvalue weighted by atomic mass is 10.1. The molecule has 0 amide bonds. The maximum atomic E-state index is 13.3. The molecule has 88 valence electrons. The molecule has 0 bridgehead atoms. The Bertz CT molecular complexity index is 367. The summed E-state index contributed by atoms with van der Waals surface area (Å²) in [6, 6.07) is 7.54. The normalized spacial score (nSPS) is 29.6. The largest absolute Gasteiger partial charge is 0.330 e. The first kappa shape index (κ1) is 11.6. The standard InChI is InChI=1S/C13H20FN2/c1-16(9-3-6-12(16)7-8-15)13-5-2-4-11(14)10-13/h2,4-5,10,12H,3,6-9,15H2,1H3/q+1. The van der Waals surface area contributed by atoms with Crippen molar-refractivity contribution in [3.8, 4) is 0 Å². The molecule has 1 aliphatic heterocycles. The molecule has 0 aromatic heterocycles. The fourth-order valence-corrected chi connectivity index (χ4v) is 2.88. The molecular weight excluding hydrogens is 203 g/mol. The van der Waals surface area contributed by atoms with Crippen molar-refractivity contribution in [2.75, 3.05) is 20.1 Å². The molecule has 1 aromatic carbocycles. The van der Waals surface area contributed by atoms with Crippen LogP contribution < -0.4 is 10.2 Å². The molecule has 2 unspecified atom stereocenters. The number of nitrogens with two attached hydrogens (primary N) is 1. The first-order chi connectivity index (χ1) is 7.66. The van der Waals surface area contributed by atoms with E-state index < -0.39 is 0 Å². The zero-order valence-corrected chi connectivity index (χ0v) is 9.82. The third-order valence-corrected chi connectivity index (χ3v) is 3.86. The van der Waals surface area contributed by atoms with Gasteiger partial charge in [-0.1, -0.05) is 6.07 Å². The highest BCUT2D eigenvalue weighted by atomic mass is 19.1. The summed E-state index contributed by atoms with van der Waals surface area (Å²) in [5.74, 6) is -0.143. The van der Waals surface area contributed by atoms with E-state index in [0.29, 0.717) is 12.6 Å². The predicted molar refractivity (Wildman–Crippen MR) is 65.7 cm³/mol. The minimum atomic E-state index is -0.143. The molecule has 1 saturated heterocycles. The van der Waals surface area contributed by atoms with Gasteiger partial charge < -0.3 is 5.73 Å². The highest BCUT2D eigenvalue weighted by Crippen LogP contribution is 2.34. The minimum Gasteiger partial charge on any atom is -0.330 e. The zero-order chi connectivity index (χ0) is 11.6. The molecule has 1 aliphatic rings. The van der Waals surface area contributed by atoms with E-state index in [2.05, 4.69) is 7.05 Å². The van der Waals surface area contributed by atoms with Gasteiger partial charge in [0.1, 0.15) is 11.5 Å². The van der Waals surface area contributed by atoms with Gasteiger partial charge in [-0.25, -0.2) is 4.39 Å². The van der Waals surface area contributed by atoms with Gasteiger partial charge in [-0.2, -0.15) is 0 Å². The first-order valence-corrected chi connectivity index (χ1v) is 5.98. The van der Waals surface area contributed by atoms with Gasteiger partial charge in [-0.15, -0.1) is 0 Å². The summed E-state index contributed by atoms with van der Waals surface area (Å²) in [6.45, 7) is 1.81. The number of halogens is 1. The van der Waals surface area contributed by atoms with Gasteiger partial charge in [0.25, 0.3) is 0 Å². The fraction of sp³-hybridized carbons (Fsp3) is 0.538. The maximum Gasteiger partial charge on any atom is 0.135 e. The van der Waals surface area contributed by atoms with E-state index in [0.717, 1.165) is 23.1 Å². The molecule has 0 radical (unpaired) electrons. The number of quaternary nitrogens is 1. The topological polar surface area (TPSA) is 26.0 Å². The van der Waals surface area contributed by atoms with Crippen LogP contribution in [0.1, 0.15) is 19.3 Å². The summed E-state index contributed by atoms with van der Waals surface area (Å²) >= 11 is 0. The lowest BCUT2D eigenvalue weighted by Gasteiger charge is -2.35. The molecule has 0 spiro atoms. The smallest absolute Gasteiger partial charge is 0.135 e. The van der Waals surface area contributed by atoms with Crippen LogP contribution in [0.25, 0.3) is 0 Å². The molecule has 1 heterocycles. The van der Waals surface area contributed by atoms with Crippen LogP contribution in [-0.2, 0) is 0 Å². The Kier molecular flexibility index (Phi) is 3.26. The van der Waals surface area contributed by atoms with Crippen molar-refractivity contribution in [1.29, 1.82) is 0 Å². The summed E-state index contributed by atoms with van der Waals surface area (Å²) in [5, 5.41) is 0. The van der Waals surface area contributed by atoms with Crippen LogP contribution in [0.15, 0.2) is 24.3 Å². The van der Waals surface area contributed by atoms with E-state index >= 15 is 0 Å². The monoisotopic (exact) mass is 223 g/mol. The predicted octanol–water partition coefficient (Wildman–Crippen LogP) is 2.27. The van der Waals surface area contributed by atoms with Crippen molar-refractivity contribution in [2.24, 2.45) is 5.73 Å². The van der Waals surface area contributed by atoms with E-state index in [9.17, 15) is 4.39 Å². The van der Waals surface area contributed by atoms with Crippen LogP contribution in [0, 0.1) is 5.82 Å². The number of likely N-dealkylation sites (tertiary alicyclic amines) is 1. The molecule has 2 atom stereocenters. The number of hydrogen-bond donors (Lipinski definition) is 1. The van der Waals surface area contributed by atoms with Crippen molar-refractivity contribution in [1.82, 2.24) is 4.48 Å². The van der Waals surface area contributed by atoms with Gasteiger partial charge in [-0.3, -0.25) is 4.48 Å². The molecule has 0 saturated carbocycles. The van der Waals surface area contributed by atoms with E-state index in [-0.39, 0.29) is 5.82 Å². The zero-order valence-electron chi connectivity index (χ0n) is 9.82. The molecule has 3 heteroatoms. The average Bonchev–Trinajstić information content (AvgIpc) is 2.63. The Hall–Kier alpha value is -0.930. The third kappa shape index (κ3) is 1.97. The summed E-state index contributed by atoms with van der Waals surface area (Å²) in [4.78, 5) is 0. The number of hydrogen-bond acceptors (Lipinski definition) is 1. The fourth-order valence-electron chi connectivity index (χ4n) is 2.88. The van der Waals surface area contributed by atoms with E-state index in [1.54, 1.807) is 12.1 Å². The number of nitrogens with zero attached hydrogens (tertiary/aromatic N) is 1. The lowest BCUT2D eigenvalue weighted by molar-refractivity contribution is 0.295. The Balaban J connectivity index is 2.29. The highest BCUT2D eigenvalue weighted by Gasteiger charge is 2.39. The van der Waals surface area contributed by atoms with Crippen LogP contribution in [0.3, 0.4) is 0 Å². The molecule has 16 heavy (non-hydrogen) atoms.